The number of furan rings is 1. The molecule has 0 radical (unpaired) electrons. The number of carbonyl (C=O) groups is 2. The number of carbonyl (C=O) groups excluding carboxylic acids is 2. The Morgan fingerprint density at radius 1 is 1.30 bits per heavy atom. The molecule has 2 aromatic rings. The van der Waals surface area contributed by atoms with Gasteiger partial charge in [-0.1, -0.05) is 23.7 Å². The lowest BCUT2D eigenvalue weighted by Crippen LogP contribution is -2.35. The summed E-state index contributed by atoms with van der Waals surface area (Å²) in [5, 5.41) is 3.24. The summed E-state index contributed by atoms with van der Waals surface area (Å²) in [6.07, 6.45) is 3.48. The fraction of sp³-hybridized carbons (Fsp3) is 0.176. The maximum atomic E-state index is 11.8. The predicted molar refractivity (Wildman–Crippen MR) is 86.6 cm³/mol. The zero-order valence-corrected chi connectivity index (χ0v) is 13.2. The molecule has 1 heterocycles. The van der Waals surface area contributed by atoms with Crippen LogP contribution in [0.5, 0.6) is 0 Å². The highest BCUT2D eigenvalue weighted by atomic mass is 35.5. The van der Waals surface area contributed by atoms with Gasteiger partial charge >= 0.3 is 5.97 Å². The van der Waals surface area contributed by atoms with Gasteiger partial charge in [-0.2, -0.15) is 0 Å². The number of esters is 1. The molecule has 1 aromatic heterocycles. The van der Waals surface area contributed by atoms with Gasteiger partial charge in [-0.05, 0) is 42.8 Å². The molecule has 0 aliphatic carbocycles. The lowest BCUT2D eigenvalue weighted by atomic mass is 10.2. The minimum atomic E-state index is -0.896. The highest BCUT2D eigenvalue weighted by molar-refractivity contribution is 6.30. The van der Waals surface area contributed by atoms with Gasteiger partial charge in [0.2, 0.25) is 0 Å². The van der Waals surface area contributed by atoms with Gasteiger partial charge in [0.15, 0.2) is 6.10 Å². The van der Waals surface area contributed by atoms with Crippen molar-refractivity contribution in [1.29, 1.82) is 0 Å². The monoisotopic (exact) mass is 333 g/mol. The average molecular weight is 334 g/mol. The van der Waals surface area contributed by atoms with Gasteiger partial charge < -0.3 is 14.5 Å². The number of halogens is 1. The van der Waals surface area contributed by atoms with E-state index in [0.717, 1.165) is 5.56 Å². The van der Waals surface area contributed by atoms with Crippen molar-refractivity contribution < 1.29 is 18.7 Å². The molecule has 0 unspecified atom stereocenters. The summed E-state index contributed by atoms with van der Waals surface area (Å²) in [6, 6.07) is 10.4. The summed E-state index contributed by atoms with van der Waals surface area (Å²) >= 11 is 5.78. The van der Waals surface area contributed by atoms with Gasteiger partial charge in [0.05, 0.1) is 12.8 Å². The van der Waals surface area contributed by atoms with E-state index in [1.54, 1.807) is 42.5 Å². The van der Waals surface area contributed by atoms with Gasteiger partial charge in [0.25, 0.3) is 5.91 Å². The Kier molecular flexibility index (Phi) is 6.00. The van der Waals surface area contributed by atoms with Crippen LogP contribution in [0.1, 0.15) is 18.2 Å². The Morgan fingerprint density at radius 3 is 2.70 bits per heavy atom. The van der Waals surface area contributed by atoms with E-state index in [4.69, 9.17) is 20.8 Å². The average Bonchev–Trinajstić information content (AvgIpc) is 3.05. The molecular formula is C17H16ClNO4. The molecule has 0 bridgehead atoms. The molecule has 0 saturated heterocycles. The van der Waals surface area contributed by atoms with Gasteiger partial charge in [-0.3, -0.25) is 4.79 Å². The number of amides is 1. The van der Waals surface area contributed by atoms with E-state index in [1.165, 1.54) is 19.3 Å². The number of ether oxygens (including phenoxy) is 1. The predicted octanol–water partition coefficient (Wildman–Crippen LogP) is 3.19. The van der Waals surface area contributed by atoms with Crippen molar-refractivity contribution in [2.75, 3.05) is 0 Å². The van der Waals surface area contributed by atoms with Crippen LogP contribution in [0.25, 0.3) is 6.08 Å². The van der Waals surface area contributed by atoms with Crippen LogP contribution in [-0.2, 0) is 20.9 Å². The Balaban J connectivity index is 1.79. The third kappa shape index (κ3) is 5.64. The molecule has 1 atom stereocenters. The Hall–Kier alpha value is -2.53. The summed E-state index contributed by atoms with van der Waals surface area (Å²) in [5.41, 5.74) is 0.807. The van der Waals surface area contributed by atoms with Crippen LogP contribution in [0, 0.1) is 0 Å². The van der Waals surface area contributed by atoms with E-state index in [-0.39, 0.29) is 6.54 Å². The molecule has 6 heteroatoms. The molecule has 5 nitrogen and oxygen atoms in total. The second-order valence-electron chi connectivity index (χ2n) is 4.76. The largest absolute Gasteiger partial charge is 0.467 e. The van der Waals surface area contributed by atoms with Crippen LogP contribution in [-0.4, -0.2) is 18.0 Å². The van der Waals surface area contributed by atoms with Crippen molar-refractivity contribution in [1.82, 2.24) is 5.32 Å². The van der Waals surface area contributed by atoms with Gasteiger partial charge in [-0.25, -0.2) is 4.79 Å². The van der Waals surface area contributed by atoms with Crippen molar-refractivity contribution >= 4 is 29.6 Å². The summed E-state index contributed by atoms with van der Waals surface area (Å²) < 4.78 is 10.1. The quantitative estimate of drug-likeness (QED) is 0.651. The minimum absolute atomic E-state index is 0.244. The first-order valence-corrected chi connectivity index (χ1v) is 7.37. The van der Waals surface area contributed by atoms with E-state index < -0.39 is 18.0 Å². The van der Waals surface area contributed by atoms with Crippen molar-refractivity contribution in [2.24, 2.45) is 0 Å². The van der Waals surface area contributed by atoms with Crippen molar-refractivity contribution in [3.63, 3.8) is 0 Å². The summed E-state index contributed by atoms with van der Waals surface area (Å²) in [6.45, 7) is 1.75. The van der Waals surface area contributed by atoms with Crippen molar-refractivity contribution in [3.8, 4) is 0 Å². The first kappa shape index (κ1) is 16.8. The SMILES string of the molecule is C[C@@H](OC(=O)/C=C/c1ccc(Cl)cc1)C(=O)NCc1ccco1. The number of hydrogen-bond acceptors (Lipinski definition) is 4. The standard InChI is InChI=1S/C17H16ClNO4/c1-12(17(21)19-11-15-3-2-10-22-15)23-16(20)9-6-13-4-7-14(18)8-5-13/h2-10,12H,11H2,1H3,(H,19,21)/b9-6+/t12-/m1/s1. The maximum absolute atomic E-state index is 11.8. The molecule has 0 aliphatic rings. The fourth-order valence-electron chi connectivity index (χ4n) is 1.74. The second-order valence-corrected chi connectivity index (χ2v) is 5.20. The highest BCUT2D eigenvalue weighted by Gasteiger charge is 2.16. The molecule has 1 aromatic carbocycles. The van der Waals surface area contributed by atoms with E-state index >= 15 is 0 Å². The van der Waals surface area contributed by atoms with Crippen LogP contribution in [0.15, 0.2) is 53.2 Å². The zero-order chi connectivity index (χ0) is 16.7. The molecule has 1 N–H and O–H groups in total. The summed E-state index contributed by atoms with van der Waals surface area (Å²) in [7, 11) is 0. The first-order chi connectivity index (χ1) is 11.0. The molecule has 0 aliphatic heterocycles. The molecular weight excluding hydrogens is 318 g/mol. The molecule has 0 spiro atoms. The first-order valence-electron chi connectivity index (χ1n) is 6.99. The molecule has 2 rings (SSSR count). The lowest BCUT2D eigenvalue weighted by molar-refractivity contribution is -0.150. The van der Waals surface area contributed by atoms with E-state index in [2.05, 4.69) is 5.32 Å². The molecule has 1 amide bonds. The number of nitrogens with one attached hydrogen (secondary N) is 1. The van der Waals surface area contributed by atoms with E-state index in [9.17, 15) is 9.59 Å². The Morgan fingerprint density at radius 2 is 2.04 bits per heavy atom. The van der Waals surface area contributed by atoms with Crippen LogP contribution >= 0.6 is 11.6 Å². The fourth-order valence-corrected chi connectivity index (χ4v) is 1.86. The number of benzene rings is 1. The summed E-state index contributed by atoms with van der Waals surface area (Å²) in [4.78, 5) is 23.5. The second kappa shape index (κ2) is 8.19. The Bertz CT molecular complexity index is 677. The van der Waals surface area contributed by atoms with Gasteiger partial charge in [0.1, 0.15) is 5.76 Å². The van der Waals surface area contributed by atoms with Gasteiger partial charge in [-0.15, -0.1) is 0 Å². The number of hydrogen-bond donors (Lipinski definition) is 1. The van der Waals surface area contributed by atoms with Gasteiger partial charge in [0, 0.05) is 11.1 Å². The Labute approximate surface area is 138 Å². The normalized spacial score (nSPS) is 12.1. The topological polar surface area (TPSA) is 68.5 Å². The zero-order valence-electron chi connectivity index (χ0n) is 12.5. The minimum Gasteiger partial charge on any atom is -0.467 e. The molecule has 23 heavy (non-hydrogen) atoms. The third-order valence-electron chi connectivity index (χ3n) is 2.96. The molecule has 0 fully saturated rings. The van der Waals surface area contributed by atoms with Crippen LogP contribution < -0.4 is 5.32 Å². The number of rotatable bonds is 6. The van der Waals surface area contributed by atoms with Crippen molar-refractivity contribution in [3.05, 3.63) is 65.1 Å². The lowest BCUT2D eigenvalue weighted by Gasteiger charge is -2.11. The smallest absolute Gasteiger partial charge is 0.331 e. The van der Waals surface area contributed by atoms with Crippen LogP contribution in [0.4, 0.5) is 0 Å². The third-order valence-corrected chi connectivity index (χ3v) is 3.21. The van der Waals surface area contributed by atoms with Crippen molar-refractivity contribution in [2.45, 2.75) is 19.6 Å². The maximum Gasteiger partial charge on any atom is 0.331 e. The molecule has 120 valence electrons. The summed E-state index contributed by atoms with van der Waals surface area (Å²) in [5.74, 6) is -0.366. The van der Waals surface area contributed by atoms with Crippen LogP contribution in [0.3, 0.4) is 0 Å². The highest BCUT2D eigenvalue weighted by Crippen LogP contribution is 2.10. The van der Waals surface area contributed by atoms with E-state index in [0.29, 0.717) is 10.8 Å². The molecule has 0 saturated carbocycles. The van der Waals surface area contributed by atoms with E-state index in [1.807, 2.05) is 0 Å². The van der Waals surface area contributed by atoms with Crippen LogP contribution in [0.2, 0.25) is 5.02 Å².